The molecule has 0 aliphatic rings. The van der Waals surface area contributed by atoms with Crippen LogP contribution in [-0.4, -0.2) is 35.7 Å². The molecule has 1 atom stereocenters. The first-order valence-corrected chi connectivity index (χ1v) is 11.6. The first-order valence-electron chi connectivity index (χ1n) is 11.6. The number of carbonyl (C=O) groups excluding carboxylic acids is 3. The van der Waals surface area contributed by atoms with Crippen molar-refractivity contribution in [2.75, 3.05) is 6.54 Å². The van der Waals surface area contributed by atoms with E-state index in [1.54, 1.807) is 0 Å². The molecule has 4 N–H and O–H groups in total. The molecule has 0 saturated carbocycles. The van der Waals surface area contributed by atoms with Crippen molar-refractivity contribution >= 4 is 17.8 Å². The number of unbranched alkanes of at least 4 members (excludes halogenated alkanes) is 14. The number of hydrogen-bond donors (Lipinski definition) is 3. The molecule has 0 bridgehead atoms. The molecule has 0 heterocycles. The first-order chi connectivity index (χ1) is 14.5. The van der Waals surface area contributed by atoms with Gasteiger partial charge in [0.25, 0.3) is 0 Å². The number of aliphatic hydroxyl groups excluding tert-OH is 1. The van der Waals surface area contributed by atoms with Crippen molar-refractivity contribution in [2.24, 2.45) is 5.73 Å². The van der Waals surface area contributed by atoms with Gasteiger partial charge in [0, 0.05) is 0 Å². The highest BCUT2D eigenvalue weighted by Gasteiger charge is 2.21. The molecule has 8 heteroatoms. The quantitative estimate of drug-likeness (QED) is 0.123. The fraction of sp³-hybridized carbons (Fsp3) is 0.864. The average Bonchev–Trinajstić information content (AvgIpc) is 2.74. The molecule has 30 heavy (non-hydrogen) atoms. The van der Waals surface area contributed by atoms with E-state index in [0.717, 1.165) is 19.3 Å². The topological polar surface area (TPSA) is 128 Å². The van der Waals surface area contributed by atoms with E-state index in [-0.39, 0.29) is 13.0 Å². The molecule has 0 aromatic carbocycles. The van der Waals surface area contributed by atoms with Crippen LogP contribution in [0.25, 0.3) is 0 Å². The Morgan fingerprint density at radius 3 is 1.63 bits per heavy atom. The predicted octanol–water partition coefficient (Wildman–Crippen LogP) is 3.64. The first kappa shape index (κ1) is 28.3. The van der Waals surface area contributed by atoms with Gasteiger partial charge < -0.3 is 16.2 Å². The largest absolute Gasteiger partial charge is 0.404 e. The lowest BCUT2D eigenvalue weighted by molar-refractivity contribution is -0.265. The van der Waals surface area contributed by atoms with Crippen LogP contribution in [0, 0.1) is 0 Å². The molecule has 0 aliphatic carbocycles. The van der Waals surface area contributed by atoms with Crippen LogP contribution in [0.1, 0.15) is 110 Å². The minimum Gasteiger partial charge on any atom is -0.364 e. The maximum absolute atomic E-state index is 11.5. The predicted molar refractivity (Wildman–Crippen MR) is 115 cm³/mol. The summed E-state index contributed by atoms with van der Waals surface area (Å²) in [7, 11) is 0. The van der Waals surface area contributed by atoms with Gasteiger partial charge in [0.2, 0.25) is 12.1 Å². The second-order valence-corrected chi connectivity index (χ2v) is 7.73. The Morgan fingerprint density at radius 2 is 1.20 bits per heavy atom. The summed E-state index contributed by atoms with van der Waals surface area (Å²) in [6, 6.07) is 0. The number of aliphatic hydroxyl groups is 1. The molecular formula is C22H42N2O6. The highest BCUT2D eigenvalue weighted by Crippen LogP contribution is 2.13. The van der Waals surface area contributed by atoms with E-state index in [9.17, 15) is 19.5 Å². The third-order valence-electron chi connectivity index (χ3n) is 4.91. The molecule has 176 valence electrons. The fourth-order valence-electron chi connectivity index (χ4n) is 3.09. The average molecular weight is 431 g/mol. The van der Waals surface area contributed by atoms with Crippen LogP contribution in [-0.2, 0) is 24.2 Å². The van der Waals surface area contributed by atoms with Gasteiger partial charge in [-0.25, -0.2) is 19.4 Å². The molecule has 0 radical (unpaired) electrons. The van der Waals surface area contributed by atoms with Gasteiger partial charge in [-0.15, -0.1) is 0 Å². The van der Waals surface area contributed by atoms with Crippen molar-refractivity contribution < 1.29 is 29.3 Å². The standard InChI is InChI=1S/C22H42N2O6/c1-2-3-4-5-6-7-8-9-10-11-12-13-14-15-16-17-20(26)29-30-22(28)21(27)24-19(25)18-23/h21,27H,2-18,23H2,1H3,(H,24,25). The zero-order valence-electron chi connectivity index (χ0n) is 18.7. The van der Waals surface area contributed by atoms with Gasteiger partial charge in [0.1, 0.15) is 0 Å². The highest BCUT2D eigenvalue weighted by atomic mass is 17.2. The Balaban J connectivity index is 3.39. The third-order valence-corrected chi connectivity index (χ3v) is 4.91. The van der Waals surface area contributed by atoms with Gasteiger partial charge >= 0.3 is 11.9 Å². The molecule has 0 rings (SSSR count). The van der Waals surface area contributed by atoms with E-state index >= 15 is 0 Å². The van der Waals surface area contributed by atoms with Crippen molar-refractivity contribution in [3.05, 3.63) is 0 Å². The summed E-state index contributed by atoms with van der Waals surface area (Å²) in [6.45, 7) is 1.86. The van der Waals surface area contributed by atoms with Gasteiger partial charge in [-0.2, -0.15) is 0 Å². The molecule has 1 amide bonds. The summed E-state index contributed by atoms with van der Waals surface area (Å²) >= 11 is 0. The number of amides is 1. The van der Waals surface area contributed by atoms with E-state index in [2.05, 4.69) is 16.7 Å². The molecule has 0 fully saturated rings. The van der Waals surface area contributed by atoms with Gasteiger partial charge in [-0.05, 0) is 6.42 Å². The van der Waals surface area contributed by atoms with Crippen molar-refractivity contribution in [3.8, 4) is 0 Å². The van der Waals surface area contributed by atoms with Crippen molar-refractivity contribution in [2.45, 2.75) is 116 Å². The van der Waals surface area contributed by atoms with Crippen LogP contribution < -0.4 is 11.1 Å². The van der Waals surface area contributed by atoms with Crippen LogP contribution in [0.4, 0.5) is 0 Å². The highest BCUT2D eigenvalue weighted by molar-refractivity contribution is 5.84. The van der Waals surface area contributed by atoms with E-state index in [1.807, 2.05) is 5.32 Å². The smallest absolute Gasteiger partial charge is 0.364 e. The zero-order valence-corrected chi connectivity index (χ0v) is 18.7. The Bertz CT molecular complexity index is 459. The van der Waals surface area contributed by atoms with E-state index in [1.165, 1.54) is 70.6 Å². The summed E-state index contributed by atoms with van der Waals surface area (Å²) in [4.78, 5) is 42.2. The lowest BCUT2D eigenvalue weighted by atomic mass is 10.0. The SMILES string of the molecule is CCCCCCCCCCCCCCCCCC(=O)OOC(=O)C(O)NC(=O)CN. The Kier molecular flexibility index (Phi) is 19.5. The summed E-state index contributed by atoms with van der Waals surface area (Å²) in [5.74, 6) is -2.69. The normalized spacial score (nSPS) is 11.7. The molecule has 0 spiro atoms. The van der Waals surface area contributed by atoms with Crippen molar-refractivity contribution in [3.63, 3.8) is 0 Å². The lowest BCUT2D eigenvalue weighted by Gasteiger charge is -2.09. The van der Waals surface area contributed by atoms with Crippen LogP contribution in [0.5, 0.6) is 0 Å². The summed E-state index contributed by atoms with van der Waals surface area (Å²) < 4.78 is 0. The molecule has 1 unspecified atom stereocenters. The summed E-state index contributed by atoms with van der Waals surface area (Å²) in [6.07, 6.45) is 16.7. The molecule has 0 aromatic rings. The van der Waals surface area contributed by atoms with Gasteiger partial charge in [0.15, 0.2) is 0 Å². The fourth-order valence-corrected chi connectivity index (χ4v) is 3.09. The van der Waals surface area contributed by atoms with Gasteiger partial charge in [-0.1, -0.05) is 96.8 Å². The van der Waals surface area contributed by atoms with Crippen LogP contribution in [0.2, 0.25) is 0 Å². The molecule has 0 saturated heterocycles. The van der Waals surface area contributed by atoms with Crippen LogP contribution in [0.15, 0.2) is 0 Å². The monoisotopic (exact) mass is 430 g/mol. The lowest BCUT2D eigenvalue weighted by Crippen LogP contribution is -2.44. The number of hydrogen-bond acceptors (Lipinski definition) is 7. The zero-order chi connectivity index (χ0) is 22.5. The minimum absolute atomic E-state index is 0.136. The second-order valence-electron chi connectivity index (χ2n) is 7.73. The number of nitrogens with one attached hydrogen (secondary N) is 1. The van der Waals surface area contributed by atoms with Crippen molar-refractivity contribution in [1.82, 2.24) is 5.32 Å². The van der Waals surface area contributed by atoms with Crippen LogP contribution in [0.3, 0.4) is 0 Å². The third kappa shape index (κ3) is 18.4. The van der Waals surface area contributed by atoms with E-state index in [0.29, 0.717) is 6.42 Å². The number of carbonyl (C=O) groups is 3. The second kappa shape index (κ2) is 20.6. The molecular weight excluding hydrogens is 388 g/mol. The summed E-state index contributed by atoms with van der Waals surface area (Å²) in [5, 5.41) is 11.2. The summed E-state index contributed by atoms with van der Waals surface area (Å²) in [5.41, 5.74) is 5.03. The number of nitrogens with two attached hydrogens (primary N) is 1. The van der Waals surface area contributed by atoms with Crippen molar-refractivity contribution in [1.29, 1.82) is 0 Å². The van der Waals surface area contributed by atoms with Gasteiger partial charge in [0.05, 0.1) is 13.0 Å². The Hall–Kier alpha value is -1.67. The maximum atomic E-state index is 11.5. The van der Waals surface area contributed by atoms with E-state index < -0.39 is 24.1 Å². The van der Waals surface area contributed by atoms with E-state index in [4.69, 9.17) is 5.73 Å². The minimum atomic E-state index is -1.92. The van der Waals surface area contributed by atoms with Gasteiger partial charge in [-0.3, -0.25) is 4.79 Å². The number of rotatable bonds is 19. The molecule has 0 aromatic heterocycles. The molecule has 8 nitrogen and oxygen atoms in total. The Morgan fingerprint density at radius 1 is 0.767 bits per heavy atom. The van der Waals surface area contributed by atoms with Crippen LogP contribution >= 0.6 is 0 Å². The Labute approximate surface area is 181 Å². The molecule has 0 aliphatic heterocycles. The maximum Gasteiger partial charge on any atom is 0.404 e.